The smallest absolute Gasteiger partial charge is 0.342 e. The molecule has 1 fully saturated rings. The van der Waals surface area contributed by atoms with Crippen molar-refractivity contribution in [2.75, 3.05) is 13.1 Å². The lowest BCUT2D eigenvalue weighted by molar-refractivity contribution is -0.137. The van der Waals surface area contributed by atoms with Crippen LogP contribution < -0.4 is 0 Å². The summed E-state index contributed by atoms with van der Waals surface area (Å²) in [6.45, 7) is 5.16. The highest BCUT2D eigenvalue weighted by molar-refractivity contribution is 7.09. The minimum atomic E-state index is -4.44. The van der Waals surface area contributed by atoms with Gasteiger partial charge in [-0.1, -0.05) is 13.8 Å². The normalized spacial score (nSPS) is 17.8. The van der Waals surface area contributed by atoms with E-state index in [-0.39, 0.29) is 18.2 Å². The zero-order valence-corrected chi connectivity index (χ0v) is 17.5. The van der Waals surface area contributed by atoms with Crippen LogP contribution in [0.1, 0.15) is 60.6 Å². The number of fused-ring (bicyclic) bond motifs is 1. The Morgan fingerprint density at radius 1 is 1.30 bits per heavy atom. The van der Waals surface area contributed by atoms with Gasteiger partial charge in [-0.05, 0) is 25.0 Å². The summed E-state index contributed by atoms with van der Waals surface area (Å²) in [7, 11) is 0. The van der Waals surface area contributed by atoms with E-state index in [9.17, 15) is 18.0 Å². The van der Waals surface area contributed by atoms with E-state index in [2.05, 4.69) is 29.0 Å². The Labute approximate surface area is 175 Å². The van der Waals surface area contributed by atoms with Crippen LogP contribution in [0.5, 0.6) is 0 Å². The van der Waals surface area contributed by atoms with E-state index in [0.29, 0.717) is 30.5 Å². The molecule has 1 atom stereocenters. The SMILES string of the molecule is CC(C)c1nc(CC(=O)N2CCCC(c3nnc4ccc(C(F)(F)F)cn34)C2)cs1. The van der Waals surface area contributed by atoms with Crippen molar-refractivity contribution in [1.29, 1.82) is 0 Å². The van der Waals surface area contributed by atoms with E-state index in [0.717, 1.165) is 35.8 Å². The summed E-state index contributed by atoms with van der Waals surface area (Å²) in [6.07, 6.45) is -1.66. The van der Waals surface area contributed by atoms with Crippen LogP contribution in [-0.4, -0.2) is 43.5 Å². The predicted octanol–water partition coefficient (Wildman–Crippen LogP) is 4.28. The van der Waals surface area contributed by atoms with Gasteiger partial charge in [0, 0.05) is 36.5 Å². The van der Waals surface area contributed by atoms with Gasteiger partial charge in [-0.15, -0.1) is 21.5 Å². The molecule has 3 aromatic heterocycles. The van der Waals surface area contributed by atoms with E-state index in [1.807, 2.05) is 5.38 Å². The highest BCUT2D eigenvalue weighted by Gasteiger charge is 2.33. The van der Waals surface area contributed by atoms with Crippen molar-refractivity contribution in [3.8, 4) is 0 Å². The molecule has 6 nitrogen and oxygen atoms in total. The third kappa shape index (κ3) is 4.19. The Morgan fingerprint density at radius 2 is 2.10 bits per heavy atom. The highest BCUT2D eigenvalue weighted by Crippen LogP contribution is 2.31. The Balaban J connectivity index is 1.51. The Kier molecular flexibility index (Phi) is 5.52. The van der Waals surface area contributed by atoms with Crippen molar-refractivity contribution in [3.63, 3.8) is 0 Å². The third-order valence-electron chi connectivity index (χ3n) is 5.29. The number of hydrogen-bond acceptors (Lipinski definition) is 5. The van der Waals surface area contributed by atoms with Crippen LogP contribution in [0.25, 0.3) is 5.65 Å². The highest BCUT2D eigenvalue weighted by atomic mass is 32.1. The van der Waals surface area contributed by atoms with Crippen molar-refractivity contribution in [3.05, 3.63) is 45.8 Å². The quantitative estimate of drug-likeness (QED) is 0.611. The summed E-state index contributed by atoms with van der Waals surface area (Å²) in [6, 6.07) is 2.32. The van der Waals surface area contributed by atoms with E-state index in [4.69, 9.17) is 0 Å². The molecule has 4 rings (SSSR count). The lowest BCUT2D eigenvalue weighted by Crippen LogP contribution is -2.40. The first kappa shape index (κ1) is 20.8. The van der Waals surface area contributed by atoms with Gasteiger partial charge >= 0.3 is 6.18 Å². The Morgan fingerprint density at radius 3 is 2.80 bits per heavy atom. The summed E-state index contributed by atoms with van der Waals surface area (Å²) in [5.41, 5.74) is 0.382. The molecule has 0 aliphatic carbocycles. The predicted molar refractivity (Wildman–Crippen MR) is 106 cm³/mol. The number of halogens is 3. The number of alkyl halides is 3. The number of piperidine rings is 1. The van der Waals surface area contributed by atoms with Crippen LogP contribution >= 0.6 is 11.3 Å². The van der Waals surface area contributed by atoms with Gasteiger partial charge in [0.1, 0.15) is 5.82 Å². The number of nitrogens with zero attached hydrogens (tertiary/aromatic N) is 5. The number of amides is 1. The zero-order valence-electron chi connectivity index (χ0n) is 16.7. The van der Waals surface area contributed by atoms with Gasteiger partial charge in [-0.2, -0.15) is 13.2 Å². The van der Waals surface area contributed by atoms with Crippen molar-refractivity contribution in [2.45, 2.75) is 51.1 Å². The molecule has 4 heterocycles. The maximum atomic E-state index is 13.1. The molecule has 10 heteroatoms. The van der Waals surface area contributed by atoms with Crippen molar-refractivity contribution in [2.24, 2.45) is 0 Å². The van der Waals surface area contributed by atoms with Gasteiger partial charge < -0.3 is 4.90 Å². The van der Waals surface area contributed by atoms with Gasteiger partial charge in [0.25, 0.3) is 0 Å². The van der Waals surface area contributed by atoms with Crippen molar-refractivity contribution < 1.29 is 18.0 Å². The molecule has 0 N–H and O–H groups in total. The third-order valence-corrected chi connectivity index (χ3v) is 6.49. The average molecular weight is 437 g/mol. The first-order chi connectivity index (χ1) is 14.2. The molecule has 0 aromatic carbocycles. The van der Waals surface area contributed by atoms with Crippen molar-refractivity contribution >= 4 is 22.9 Å². The fourth-order valence-corrected chi connectivity index (χ4v) is 4.54. The first-order valence-electron chi connectivity index (χ1n) is 9.86. The van der Waals surface area contributed by atoms with E-state index in [1.165, 1.54) is 10.5 Å². The maximum Gasteiger partial charge on any atom is 0.417 e. The van der Waals surface area contributed by atoms with Crippen LogP contribution in [0.2, 0.25) is 0 Å². The summed E-state index contributed by atoms with van der Waals surface area (Å²) >= 11 is 1.55. The molecule has 0 radical (unpaired) electrons. The molecular formula is C20H22F3N5OS. The molecule has 3 aromatic rings. The number of carbonyl (C=O) groups excluding carboxylic acids is 1. The largest absolute Gasteiger partial charge is 0.417 e. The molecule has 1 unspecified atom stereocenters. The number of aromatic nitrogens is 4. The molecule has 0 bridgehead atoms. The van der Waals surface area contributed by atoms with Gasteiger partial charge in [-0.25, -0.2) is 4.98 Å². The topological polar surface area (TPSA) is 63.4 Å². The lowest BCUT2D eigenvalue weighted by atomic mass is 9.96. The summed E-state index contributed by atoms with van der Waals surface area (Å²) in [5, 5.41) is 11.1. The maximum absolute atomic E-state index is 13.1. The van der Waals surface area contributed by atoms with Crippen LogP contribution in [0.3, 0.4) is 0 Å². The standard InChI is InChI=1S/C20H22F3N5OS/c1-12(2)19-24-15(11-30-19)8-17(29)27-7-3-4-13(9-27)18-26-25-16-6-5-14(10-28(16)18)20(21,22)23/h5-6,10-13H,3-4,7-9H2,1-2H3. The van der Waals surface area contributed by atoms with Crippen LogP contribution in [0.15, 0.2) is 23.7 Å². The fraction of sp³-hybridized carbons (Fsp3) is 0.500. The van der Waals surface area contributed by atoms with Crippen LogP contribution in [-0.2, 0) is 17.4 Å². The number of pyridine rings is 1. The molecule has 1 saturated heterocycles. The molecule has 1 aliphatic rings. The summed E-state index contributed by atoms with van der Waals surface area (Å²) < 4.78 is 40.7. The number of likely N-dealkylation sites (tertiary alicyclic amines) is 1. The fourth-order valence-electron chi connectivity index (χ4n) is 3.70. The Bertz CT molecular complexity index is 1060. The van der Waals surface area contributed by atoms with Crippen molar-refractivity contribution in [1.82, 2.24) is 24.5 Å². The molecule has 160 valence electrons. The Hall–Kier alpha value is -2.49. The van der Waals surface area contributed by atoms with E-state index in [1.54, 1.807) is 16.2 Å². The van der Waals surface area contributed by atoms with E-state index < -0.39 is 11.7 Å². The minimum Gasteiger partial charge on any atom is -0.342 e. The lowest BCUT2D eigenvalue weighted by Gasteiger charge is -2.32. The number of rotatable bonds is 4. The van der Waals surface area contributed by atoms with Crippen LogP contribution in [0.4, 0.5) is 13.2 Å². The zero-order chi connectivity index (χ0) is 21.5. The van der Waals surface area contributed by atoms with Gasteiger partial charge in [0.2, 0.25) is 5.91 Å². The second-order valence-electron chi connectivity index (χ2n) is 7.89. The first-order valence-corrected chi connectivity index (χ1v) is 10.7. The molecule has 1 amide bonds. The van der Waals surface area contributed by atoms with Gasteiger partial charge in [0.15, 0.2) is 5.65 Å². The molecular weight excluding hydrogens is 415 g/mol. The second kappa shape index (κ2) is 7.98. The molecule has 0 spiro atoms. The summed E-state index contributed by atoms with van der Waals surface area (Å²) in [5.74, 6) is 0.596. The van der Waals surface area contributed by atoms with Crippen LogP contribution in [0, 0.1) is 0 Å². The van der Waals surface area contributed by atoms with Gasteiger partial charge in [0.05, 0.1) is 22.7 Å². The monoisotopic (exact) mass is 437 g/mol. The van der Waals surface area contributed by atoms with Gasteiger partial charge in [-0.3, -0.25) is 9.20 Å². The van der Waals surface area contributed by atoms with E-state index >= 15 is 0 Å². The summed E-state index contributed by atoms with van der Waals surface area (Å²) in [4.78, 5) is 19.1. The molecule has 0 saturated carbocycles. The number of hydrogen-bond donors (Lipinski definition) is 0. The number of carbonyl (C=O) groups is 1. The number of thiazole rings is 1. The second-order valence-corrected chi connectivity index (χ2v) is 8.78. The minimum absolute atomic E-state index is 0.0230. The molecule has 1 aliphatic heterocycles. The molecule has 30 heavy (non-hydrogen) atoms. The average Bonchev–Trinajstić information content (AvgIpc) is 3.34.